The molecule has 0 radical (unpaired) electrons. The number of imide groups is 1. The third kappa shape index (κ3) is 6.07. The Hall–Kier alpha value is -3.55. The molecule has 180 valence electrons. The topological polar surface area (TPSA) is 110 Å². The Morgan fingerprint density at radius 3 is 2.12 bits per heavy atom. The Labute approximate surface area is 199 Å². The molecule has 34 heavy (non-hydrogen) atoms. The average Bonchev–Trinajstić information content (AvgIpc) is 3.08. The summed E-state index contributed by atoms with van der Waals surface area (Å²) < 4.78 is 0. The van der Waals surface area contributed by atoms with E-state index in [9.17, 15) is 24.5 Å². The molecule has 0 bridgehead atoms. The minimum Gasteiger partial charge on any atom is -0.326 e. The van der Waals surface area contributed by atoms with E-state index in [0.29, 0.717) is 12.1 Å². The summed E-state index contributed by atoms with van der Waals surface area (Å²) in [6, 6.07) is 10.3. The van der Waals surface area contributed by atoms with Crippen molar-refractivity contribution in [3.63, 3.8) is 0 Å². The fourth-order valence-electron chi connectivity index (χ4n) is 4.17. The molecule has 0 spiro atoms. The molecule has 0 aliphatic carbocycles. The van der Waals surface area contributed by atoms with Gasteiger partial charge in [0.05, 0.1) is 16.2 Å². The van der Waals surface area contributed by atoms with Gasteiger partial charge in [0, 0.05) is 18.2 Å². The van der Waals surface area contributed by atoms with Gasteiger partial charge in [0.25, 0.3) is 17.5 Å². The second-order valence-corrected chi connectivity index (χ2v) is 8.58. The van der Waals surface area contributed by atoms with E-state index in [2.05, 4.69) is 12.2 Å². The summed E-state index contributed by atoms with van der Waals surface area (Å²) in [6.45, 7) is 2.21. The third-order valence-electron chi connectivity index (χ3n) is 6.01. The SMILES string of the molecule is CCCCCCCCCCCC(=O)Nc1ccc(N2C(=O)c3cccc([N+](=O)[O-])c3C2=O)cc1. The van der Waals surface area contributed by atoms with E-state index < -0.39 is 22.4 Å². The number of benzene rings is 2. The quantitative estimate of drug-likeness (QED) is 0.163. The number of nitro benzene ring substituents is 1. The van der Waals surface area contributed by atoms with Crippen molar-refractivity contribution in [2.75, 3.05) is 10.2 Å². The van der Waals surface area contributed by atoms with Crippen LogP contribution < -0.4 is 10.2 Å². The highest BCUT2D eigenvalue weighted by molar-refractivity contribution is 6.35. The van der Waals surface area contributed by atoms with Crippen LogP contribution in [-0.2, 0) is 4.79 Å². The molecular formula is C26H31N3O5. The van der Waals surface area contributed by atoms with Crippen LogP contribution in [0.3, 0.4) is 0 Å². The van der Waals surface area contributed by atoms with Crippen molar-refractivity contribution in [3.05, 3.63) is 63.7 Å². The number of nitrogens with one attached hydrogen (secondary N) is 1. The largest absolute Gasteiger partial charge is 0.326 e. The zero-order chi connectivity index (χ0) is 24.5. The Balaban J connectivity index is 1.49. The van der Waals surface area contributed by atoms with Gasteiger partial charge in [-0.2, -0.15) is 0 Å². The van der Waals surface area contributed by atoms with Gasteiger partial charge in [-0.1, -0.05) is 64.4 Å². The van der Waals surface area contributed by atoms with Crippen molar-refractivity contribution in [1.82, 2.24) is 0 Å². The number of anilines is 2. The molecule has 3 amide bonds. The Kier molecular flexibility index (Phi) is 8.90. The minimum absolute atomic E-state index is 0.0116. The molecule has 0 aromatic heterocycles. The molecule has 3 rings (SSSR count). The molecule has 0 unspecified atom stereocenters. The number of carbonyl (C=O) groups excluding carboxylic acids is 3. The van der Waals surface area contributed by atoms with Crippen LogP contribution in [0.5, 0.6) is 0 Å². The van der Waals surface area contributed by atoms with Crippen LogP contribution in [0, 0.1) is 10.1 Å². The zero-order valence-electron chi connectivity index (χ0n) is 19.5. The van der Waals surface area contributed by atoms with Crippen molar-refractivity contribution in [2.45, 2.75) is 71.1 Å². The van der Waals surface area contributed by atoms with Crippen molar-refractivity contribution in [1.29, 1.82) is 0 Å². The first-order valence-corrected chi connectivity index (χ1v) is 12.0. The second-order valence-electron chi connectivity index (χ2n) is 8.58. The smallest absolute Gasteiger partial charge is 0.283 e. The zero-order valence-corrected chi connectivity index (χ0v) is 19.5. The fraction of sp³-hybridized carbons (Fsp3) is 0.423. The molecule has 2 aromatic carbocycles. The molecule has 1 aliphatic rings. The second kappa shape index (κ2) is 12.1. The van der Waals surface area contributed by atoms with Gasteiger partial charge in [-0.25, -0.2) is 4.90 Å². The van der Waals surface area contributed by atoms with Gasteiger partial charge in [0.2, 0.25) is 5.91 Å². The molecule has 1 aliphatic heterocycles. The average molecular weight is 466 g/mol. The standard InChI is InChI=1S/C26H31N3O5/c1-2-3-4-5-6-7-8-9-10-14-23(30)27-19-15-17-20(18-16-19)28-25(31)21-12-11-13-22(29(33)34)24(21)26(28)32/h11-13,15-18H,2-10,14H2,1H3,(H,27,30). The summed E-state index contributed by atoms with van der Waals surface area (Å²) in [5.41, 5.74) is 0.275. The summed E-state index contributed by atoms with van der Waals surface area (Å²) in [7, 11) is 0. The van der Waals surface area contributed by atoms with Crippen LogP contribution in [0.15, 0.2) is 42.5 Å². The molecule has 1 N–H and O–H groups in total. The van der Waals surface area contributed by atoms with Gasteiger partial charge in [-0.15, -0.1) is 0 Å². The molecule has 1 heterocycles. The number of amides is 3. The highest BCUT2D eigenvalue weighted by Gasteiger charge is 2.41. The number of nitro groups is 1. The predicted octanol–water partition coefficient (Wildman–Crippen LogP) is 6.25. The minimum atomic E-state index is -0.727. The summed E-state index contributed by atoms with van der Waals surface area (Å²) in [5, 5.41) is 14.1. The van der Waals surface area contributed by atoms with E-state index in [1.165, 1.54) is 56.7 Å². The number of fused-ring (bicyclic) bond motifs is 1. The van der Waals surface area contributed by atoms with Gasteiger partial charge >= 0.3 is 0 Å². The van der Waals surface area contributed by atoms with E-state index in [0.717, 1.165) is 24.2 Å². The molecule has 8 heteroatoms. The number of hydrogen-bond acceptors (Lipinski definition) is 5. The van der Waals surface area contributed by atoms with E-state index in [-0.39, 0.29) is 22.7 Å². The monoisotopic (exact) mass is 465 g/mol. The molecule has 8 nitrogen and oxygen atoms in total. The first-order valence-electron chi connectivity index (χ1n) is 12.0. The van der Waals surface area contributed by atoms with Gasteiger partial charge in [-0.05, 0) is 36.8 Å². The first kappa shape index (κ1) is 25.1. The van der Waals surface area contributed by atoms with Gasteiger partial charge in [-0.3, -0.25) is 24.5 Å². The lowest BCUT2D eigenvalue weighted by Gasteiger charge is -2.14. The highest BCUT2D eigenvalue weighted by Crippen LogP contribution is 2.34. The summed E-state index contributed by atoms with van der Waals surface area (Å²) >= 11 is 0. The fourth-order valence-corrected chi connectivity index (χ4v) is 4.17. The van der Waals surface area contributed by atoms with Crippen LogP contribution in [0.25, 0.3) is 0 Å². The normalized spacial score (nSPS) is 12.7. The van der Waals surface area contributed by atoms with Gasteiger partial charge in [0.15, 0.2) is 0 Å². The maximum absolute atomic E-state index is 12.8. The number of rotatable bonds is 13. The van der Waals surface area contributed by atoms with Crippen LogP contribution in [-0.4, -0.2) is 22.6 Å². The first-order chi connectivity index (χ1) is 16.4. The van der Waals surface area contributed by atoms with E-state index in [1.54, 1.807) is 24.3 Å². The molecule has 0 saturated heterocycles. The van der Waals surface area contributed by atoms with Crippen molar-refractivity contribution < 1.29 is 19.3 Å². The van der Waals surface area contributed by atoms with Crippen LogP contribution in [0.2, 0.25) is 0 Å². The molecule has 0 saturated carbocycles. The summed E-state index contributed by atoms with van der Waals surface area (Å²) in [4.78, 5) is 49.2. The van der Waals surface area contributed by atoms with E-state index >= 15 is 0 Å². The van der Waals surface area contributed by atoms with Gasteiger partial charge in [0.1, 0.15) is 5.56 Å². The number of nitrogens with zero attached hydrogens (tertiary/aromatic N) is 2. The number of unbranched alkanes of at least 4 members (excludes halogenated alkanes) is 8. The Bertz CT molecular complexity index is 1050. The lowest BCUT2D eigenvalue weighted by atomic mass is 10.1. The number of carbonyl (C=O) groups is 3. The lowest BCUT2D eigenvalue weighted by Crippen LogP contribution is -2.29. The molecule has 0 atom stereocenters. The summed E-state index contributed by atoms with van der Waals surface area (Å²) in [6.07, 6.45) is 11.1. The third-order valence-corrected chi connectivity index (χ3v) is 6.01. The van der Waals surface area contributed by atoms with Crippen LogP contribution in [0.1, 0.15) is 91.8 Å². The number of hydrogen-bond donors (Lipinski definition) is 1. The van der Waals surface area contributed by atoms with Gasteiger partial charge < -0.3 is 5.32 Å². The Morgan fingerprint density at radius 1 is 0.882 bits per heavy atom. The van der Waals surface area contributed by atoms with Crippen LogP contribution >= 0.6 is 0 Å². The van der Waals surface area contributed by atoms with Crippen molar-refractivity contribution >= 4 is 34.8 Å². The Morgan fingerprint density at radius 2 is 1.50 bits per heavy atom. The van der Waals surface area contributed by atoms with E-state index in [4.69, 9.17) is 0 Å². The highest BCUT2D eigenvalue weighted by atomic mass is 16.6. The van der Waals surface area contributed by atoms with Crippen molar-refractivity contribution in [2.24, 2.45) is 0 Å². The predicted molar refractivity (Wildman–Crippen MR) is 131 cm³/mol. The van der Waals surface area contributed by atoms with Crippen LogP contribution in [0.4, 0.5) is 17.1 Å². The molecular weight excluding hydrogens is 434 g/mol. The molecule has 2 aromatic rings. The maximum atomic E-state index is 12.8. The van der Waals surface area contributed by atoms with Crippen molar-refractivity contribution in [3.8, 4) is 0 Å². The summed E-state index contributed by atoms with van der Waals surface area (Å²) in [5.74, 6) is -1.41. The van der Waals surface area contributed by atoms with E-state index in [1.807, 2.05) is 0 Å². The maximum Gasteiger partial charge on any atom is 0.283 e. The molecule has 0 fully saturated rings. The lowest BCUT2D eigenvalue weighted by molar-refractivity contribution is -0.385.